The number of hydrogen-bond acceptors (Lipinski definition) is 4. The third-order valence-corrected chi connectivity index (χ3v) is 4.22. The zero-order valence-electron chi connectivity index (χ0n) is 13.5. The Balaban J connectivity index is 1.80. The van der Waals surface area contributed by atoms with Gasteiger partial charge in [0.15, 0.2) is 0 Å². The van der Waals surface area contributed by atoms with Crippen molar-refractivity contribution >= 4 is 40.4 Å². The fourth-order valence-electron chi connectivity index (χ4n) is 2.48. The number of benzene rings is 1. The summed E-state index contributed by atoms with van der Waals surface area (Å²) in [6, 6.07) is 7.65. The van der Waals surface area contributed by atoms with Crippen molar-refractivity contribution in [3.05, 3.63) is 71.4 Å². The average Bonchev–Trinajstić information content (AvgIpc) is 3.02. The Hall–Kier alpha value is -2.37. The van der Waals surface area contributed by atoms with E-state index in [1.807, 2.05) is 42.6 Å². The summed E-state index contributed by atoms with van der Waals surface area (Å²) in [4.78, 5) is 3.20. The number of aromatic amines is 1. The van der Waals surface area contributed by atoms with Crippen LogP contribution >= 0.6 is 23.2 Å². The Bertz CT molecular complexity index is 792. The summed E-state index contributed by atoms with van der Waals surface area (Å²) in [5, 5.41) is 11.8. The van der Waals surface area contributed by atoms with Gasteiger partial charge in [0.25, 0.3) is 0 Å². The average molecular weight is 376 g/mol. The van der Waals surface area contributed by atoms with Crippen molar-refractivity contribution in [3.63, 3.8) is 0 Å². The maximum Gasteiger partial charge on any atom is 0.128 e. The normalized spacial score (nSPS) is 16.9. The fraction of sp³-hybridized carbons (Fsp3) is 0.167. The Morgan fingerprint density at radius 3 is 2.92 bits per heavy atom. The van der Waals surface area contributed by atoms with Gasteiger partial charge in [0.1, 0.15) is 11.3 Å². The molecule has 0 spiro atoms. The van der Waals surface area contributed by atoms with E-state index in [1.165, 1.54) is 0 Å². The molecular weight excluding hydrogens is 357 g/mol. The van der Waals surface area contributed by atoms with E-state index in [9.17, 15) is 0 Å². The lowest BCUT2D eigenvalue weighted by Crippen LogP contribution is -2.28. The Morgan fingerprint density at radius 1 is 1.36 bits per heavy atom. The van der Waals surface area contributed by atoms with Gasteiger partial charge in [-0.3, -0.25) is 0 Å². The summed E-state index contributed by atoms with van der Waals surface area (Å²) in [6.07, 6.45) is 7.35. The number of hydrogen-bond donors (Lipinski definition) is 4. The number of nitrogens with zero attached hydrogens (tertiary/aromatic N) is 1. The number of aromatic nitrogens is 1. The lowest BCUT2D eigenvalue weighted by atomic mass is 10.1. The molecule has 25 heavy (non-hydrogen) atoms. The highest BCUT2D eigenvalue weighted by Crippen LogP contribution is 2.30. The van der Waals surface area contributed by atoms with E-state index in [0.717, 1.165) is 33.4 Å². The van der Waals surface area contributed by atoms with Crippen LogP contribution in [-0.2, 0) is 6.54 Å². The second kappa shape index (κ2) is 8.14. The molecule has 0 bridgehead atoms. The summed E-state index contributed by atoms with van der Waals surface area (Å²) < 4.78 is 0. The minimum absolute atomic E-state index is 0.172. The highest BCUT2D eigenvalue weighted by Gasteiger charge is 2.21. The first kappa shape index (κ1) is 17.5. The van der Waals surface area contributed by atoms with Crippen molar-refractivity contribution in [1.29, 1.82) is 0 Å². The van der Waals surface area contributed by atoms with Crippen molar-refractivity contribution in [2.24, 2.45) is 5.10 Å². The monoisotopic (exact) mass is 375 g/mol. The Kier molecular flexibility index (Phi) is 5.68. The van der Waals surface area contributed by atoms with Crippen molar-refractivity contribution in [1.82, 2.24) is 10.4 Å². The van der Waals surface area contributed by atoms with Gasteiger partial charge in [-0.25, -0.2) is 0 Å². The minimum atomic E-state index is -0.172. The molecule has 0 saturated heterocycles. The number of hydrazone groups is 1. The predicted molar refractivity (Wildman–Crippen MR) is 107 cm³/mol. The van der Waals surface area contributed by atoms with E-state index in [4.69, 9.17) is 23.2 Å². The minimum Gasteiger partial charge on any atom is -0.367 e. The number of halogens is 2. The summed E-state index contributed by atoms with van der Waals surface area (Å²) in [6.45, 7) is 4.97. The molecule has 5 nitrogen and oxygen atoms in total. The van der Waals surface area contributed by atoms with Crippen LogP contribution in [0.15, 0.2) is 60.4 Å². The van der Waals surface area contributed by atoms with Crippen LogP contribution in [0.3, 0.4) is 0 Å². The van der Waals surface area contributed by atoms with Crippen LogP contribution in [0.5, 0.6) is 0 Å². The number of rotatable bonds is 6. The molecule has 0 amide bonds. The number of fused-ring (bicyclic) bond motifs is 1. The molecule has 1 aromatic carbocycles. The lowest BCUT2D eigenvalue weighted by Gasteiger charge is -2.22. The van der Waals surface area contributed by atoms with Gasteiger partial charge in [-0.05, 0) is 23.8 Å². The van der Waals surface area contributed by atoms with Gasteiger partial charge in [-0.2, -0.15) is 5.10 Å². The van der Waals surface area contributed by atoms with Gasteiger partial charge in [-0.15, -0.1) is 0 Å². The van der Waals surface area contributed by atoms with E-state index >= 15 is 0 Å². The third-order valence-electron chi connectivity index (χ3n) is 3.70. The van der Waals surface area contributed by atoms with Gasteiger partial charge >= 0.3 is 0 Å². The molecule has 130 valence electrons. The molecule has 0 radical (unpaired) electrons. The Labute approximate surface area is 156 Å². The van der Waals surface area contributed by atoms with Crippen LogP contribution in [0.4, 0.5) is 11.5 Å². The molecule has 2 heterocycles. The van der Waals surface area contributed by atoms with Crippen molar-refractivity contribution in [3.8, 4) is 0 Å². The van der Waals surface area contributed by atoms with Gasteiger partial charge < -0.3 is 21.0 Å². The zero-order valence-corrected chi connectivity index (χ0v) is 15.0. The highest BCUT2D eigenvalue weighted by molar-refractivity contribution is 6.30. The van der Waals surface area contributed by atoms with Crippen LogP contribution < -0.4 is 16.1 Å². The van der Waals surface area contributed by atoms with E-state index in [0.29, 0.717) is 13.1 Å². The highest BCUT2D eigenvalue weighted by atomic mass is 35.5. The van der Waals surface area contributed by atoms with Crippen LogP contribution in [0.25, 0.3) is 0 Å². The summed E-state index contributed by atoms with van der Waals surface area (Å²) in [7, 11) is 0. The number of allylic oxidation sites excluding steroid dienone is 3. The van der Waals surface area contributed by atoms with Crippen molar-refractivity contribution in [2.75, 3.05) is 17.2 Å². The summed E-state index contributed by atoms with van der Waals surface area (Å²) in [5.41, 5.74) is 6.63. The number of H-pyrrole nitrogens is 1. The van der Waals surface area contributed by atoms with Crippen LogP contribution in [0.1, 0.15) is 11.1 Å². The molecule has 0 saturated carbocycles. The molecule has 0 aliphatic carbocycles. The first-order valence-electron chi connectivity index (χ1n) is 7.87. The second-order valence-electron chi connectivity index (χ2n) is 5.50. The molecule has 0 fully saturated rings. The molecule has 1 aliphatic rings. The van der Waals surface area contributed by atoms with Gasteiger partial charge in [-0.1, -0.05) is 54.1 Å². The second-order valence-corrected chi connectivity index (χ2v) is 6.46. The fourth-order valence-corrected chi connectivity index (χ4v) is 2.79. The van der Waals surface area contributed by atoms with Crippen LogP contribution in [0.2, 0.25) is 5.02 Å². The predicted octanol–water partition coefficient (Wildman–Crippen LogP) is 4.31. The van der Waals surface area contributed by atoms with Crippen molar-refractivity contribution in [2.45, 2.75) is 12.0 Å². The van der Waals surface area contributed by atoms with Gasteiger partial charge in [0, 0.05) is 16.8 Å². The van der Waals surface area contributed by atoms with Gasteiger partial charge in [0.05, 0.1) is 24.5 Å². The zero-order chi connectivity index (χ0) is 17.6. The quantitative estimate of drug-likeness (QED) is 0.200. The molecule has 1 aromatic heterocycles. The Morgan fingerprint density at radius 2 is 2.16 bits per heavy atom. The third kappa shape index (κ3) is 4.38. The van der Waals surface area contributed by atoms with Crippen LogP contribution in [-0.4, -0.2) is 22.7 Å². The maximum atomic E-state index is 6.19. The van der Waals surface area contributed by atoms with Crippen LogP contribution in [0, 0.1) is 0 Å². The molecule has 4 N–H and O–H groups in total. The number of alkyl halides is 1. The first-order chi connectivity index (χ1) is 12.2. The molecule has 1 atom stereocenters. The maximum absolute atomic E-state index is 6.19. The molecule has 1 unspecified atom stereocenters. The standard InChI is InChI=1S/C18H19Cl2N5/c1-2-3-4-15(25-23-9-12-5-7-13(19)8-6-12)14-10-21-18-17(14)24-16(20)11-22-18/h2-8,10,16,21-24H,1,9,11H2/b4-3-,25-15+. The smallest absolute Gasteiger partial charge is 0.128 e. The lowest BCUT2D eigenvalue weighted by molar-refractivity contribution is 0.745. The number of anilines is 2. The molecular formula is C18H19Cl2N5. The largest absolute Gasteiger partial charge is 0.367 e. The molecule has 7 heteroatoms. The van der Waals surface area contributed by atoms with E-state index in [1.54, 1.807) is 6.08 Å². The van der Waals surface area contributed by atoms with Crippen molar-refractivity contribution < 1.29 is 0 Å². The molecule has 2 aromatic rings. The van der Waals surface area contributed by atoms with E-state index in [-0.39, 0.29) is 5.50 Å². The summed E-state index contributed by atoms with van der Waals surface area (Å²) in [5.74, 6) is 0.907. The molecule has 3 rings (SSSR count). The first-order valence-corrected chi connectivity index (χ1v) is 8.69. The van der Waals surface area contributed by atoms with E-state index < -0.39 is 0 Å². The SMILES string of the molecule is C=C/C=C\C(=N/NCc1ccc(Cl)cc1)c1c[nH]c2c1NC(Cl)CN2. The number of nitrogens with one attached hydrogen (secondary N) is 4. The topological polar surface area (TPSA) is 64.2 Å². The van der Waals surface area contributed by atoms with E-state index in [2.05, 4.69) is 32.7 Å². The molecule has 1 aliphatic heterocycles. The summed E-state index contributed by atoms with van der Waals surface area (Å²) >= 11 is 12.1. The van der Waals surface area contributed by atoms with Gasteiger partial charge in [0.2, 0.25) is 0 Å².